The first-order valence-corrected chi connectivity index (χ1v) is 13.4. The third kappa shape index (κ3) is 6.53. The summed E-state index contributed by atoms with van der Waals surface area (Å²) in [5.41, 5.74) is 3.14. The van der Waals surface area contributed by atoms with Gasteiger partial charge in [0.05, 0.1) is 16.4 Å². The Hall–Kier alpha value is -3.40. The van der Waals surface area contributed by atoms with Crippen molar-refractivity contribution in [2.45, 2.75) is 19.1 Å². The molecule has 4 rings (SSSR count). The molecule has 0 bridgehead atoms. The van der Waals surface area contributed by atoms with Gasteiger partial charge in [-0.2, -0.15) is 5.10 Å². The van der Waals surface area contributed by atoms with Crippen molar-refractivity contribution >= 4 is 46.3 Å². The molecule has 0 aromatic heterocycles. The number of nitrogens with one attached hydrogen (secondary N) is 1. The number of halogens is 2. The maximum atomic E-state index is 13.3. The zero-order chi connectivity index (χ0) is 27.0. The van der Waals surface area contributed by atoms with E-state index in [1.165, 1.54) is 6.21 Å². The molecule has 38 heavy (non-hydrogen) atoms. The molecule has 4 aromatic rings. The van der Waals surface area contributed by atoms with Crippen LogP contribution >= 0.6 is 34.2 Å². The number of nitrogens with zero attached hydrogens (tertiary/aromatic N) is 1. The summed E-state index contributed by atoms with van der Waals surface area (Å²) in [6.45, 7) is 2.70. The van der Waals surface area contributed by atoms with Gasteiger partial charge in [0.25, 0.3) is 5.91 Å². The monoisotopic (exact) mass is 640 g/mol. The van der Waals surface area contributed by atoms with Crippen molar-refractivity contribution in [1.82, 2.24) is 5.43 Å². The van der Waals surface area contributed by atoms with Crippen molar-refractivity contribution < 1.29 is 19.4 Å². The first-order chi connectivity index (χ1) is 18.4. The normalized spacial score (nSPS) is 11.4. The Morgan fingerprint density at radius 1 is 0.974 bits per heavy atom. The van der Waals surface area contributed by atoms with E-state index >= 15 is 0 Å². The van der Waals surface area contributed by atoms with Crippen molar-refractivity contribution in [2.75, 3.05) is 6.61 Å². The lowest BCUT2D eigenvalue weighted by Gasteiger charge is -2.27. The number of carbonyl (C=O) groups is 1. The summed E-state index contributed by atoms with van der Waals surface area (Å²) in [7, 11) is 0. The smallest absolute Gasteiger partial charge is 0.281 e. The molecule has 4 aromatic carbocycles. The fraction of sp³-hybridized carbons (Fsp3) is 0.133. The van der Waals surface area contributed by atoms with Crippen molar-refractivity contribution in [3.05, 3.63) is 128 Å². The topological polar surface area (TPSA) is 80.2 Å². The maximum Gasteiger partial charge on any atom is 0.281 e. The Kier molecular flexibility index (Phi) is 9.38. The molecule has 0 heterocycles. The fourth-order valence-corrected chi connectivity index (χ4v) is 4.74. The molecule has 6 nitrogen and oxygen atoms in total. The standard InChI is InChI=1S/C30H26ClIN2O4/c1-2-37-27-18-22(17-26(32)28(27)38-20-21-13-15-25(31)16-14-21)19-33-34-29(35)30(36,23-9-5-3-6-10-23)24-11-7-4-8-12-24/h3-19,36H,2,20H2,1H3,(H,34,35)/b33-19+. The summed E-state index contributed by atoms with van der Waals surface area (Å²) in [4.78, 5) is 13.3. The number of rotatable bonds is 10. The molecule has 1 amide bonds. The highest BCUT2D eigenvalue weighted by Gasteiger charge is 2.39. The molecular formula is C30H26ClIN2O4. The van der Waals surface area contributed by atoms with Crippen LogP contribution in [0.15, 0.2) is 102 Å². The molecule has 0 aliphatic rings. The van der Waals surface area contributed by atoms with E-state index in [2.05, 4.69) is 33.1 Å². The van der Waals surface area contributed by atoms with E-state index in [1.54, 1.807) is 54.6 Å². The molecule has 2 N–H and O–H groups in total. The quantitative estimate of drug-likeness (QED) is 0.121. The van der Waals surface area contributed by atoms with Gasteiger partial charge in [0, 0.05) is 5.02 Å². The highest BCUT2D eigenvalue weighted by Crippen LogP contribution is 2.35. The summed E-state index contributed by atoms with van der Waals surface area (Å²) in [5.74, 6) is 0.506. The Morgan fingerprint density at radius 3 is 2.16 bits per heavy atom. The van der Waals surface area contributed by atoms with Gasteiger partial charge < -0.3 is 14.6 Å². The van der Waals surface area contributed by atoms with E-state index in [0.29, 0.717) is 46.4 Å². The maximum absolute atomic E-state index is 13.3. The zero-order valence-electron chi connectivity index (χ0n) is 20.6. The molecule has 0 aliphatic heterocycles. The average Bonchev–Trinajstić information content (AvgIpc) is 2.94. The average molecular weight is 641 g/mol. The summed E-state index contributed by atoms with van der Waals surface area (Å²) in [5, 5.41) is 16.4. The van der Waals surface area contributed by atoms with Crippen LogP contribution < -0.4 is 14.9 Å². The van der Waals surface area contributed by atoms with Gasteiger partial charge in [-0.3, -0.25) is 4.79 Å². The number of benzene rings is 4. The predicted octanol–water partition coefficient (Wildman–Crippen LogP) is 6.31. The van der Waals surface area contributed by atoms with Gasteiger partial charge in [-0.1, -0.05) is 84.4 Å². The highest BCUT2D eigenvalue weighted by molar-refractivity contribution is 14.1. The summed E-state index contributed by atoms with van der Waals surface area (Å²) in [6, 6.07) is 28.7. The van der Waals surface area contributed by atoms with Gasteiger partial charge in [0.2, 0.25) is 0 Å². The number of hydrazone groups is 1. The van der Waals surface area contributed by atoms with Crippen LogP contribution in [0.2, 0.25) is 5.02 Å². The van der Waals surface area contributed by atoms with Crippen molar-refractivity contribution in [3.63, 3.8) is 0 Å². The zero-order valence-corrected chi connectivity index (χ0v) is 23.5. The number of ether oxygens (including phenoxy) is 2. The van der Waals surface area contributed by atoms with Gasteiger partial charge in [-0.05, 0) is 76.0 Å². The van der Waals surface area contributed by atoms with Crippen LogP contribution in [0, 0.1) is 3.57 Å². The molecule has 0 unspecified atom stereocenters. The van der Waals surface area contributed by atoms with Gasteiger partial charge >= 0.3 is 0 Å². The Balaban J connectivity index is 1.53. The third-order valence-electron chi connectivity index (χ3n) is 5.72. The van der Waals surface area contributed by atoms with E-state index in [1.807, 2.05) is 49.4 Å². The number of hydrogen-bond acceptors (Lipinski definition) is 5. The lowest BCUT2D eigenvalue weighted by Crippen LogP contribution is -2.43. The molecule has 8 heteroatoms. The third-order valence-corrected chi connectivity index (χ3v) is 6.77. The molecule has 0 atom stereocenters. The van der Waals surface area contributed by atoms with E-state index in [0.717, 1.165) is 9.13 Å². The molecule has 0 aliphatic carbocycles. The number of amides is 1. The fourth-order valence-electron chi connectivity index (χ4n) is 3.84. The molecule has 0 radical (unpaired) electrons. The molecule has 194 valence electrons. The van der Waals surface area contributed by atoms with Gasteiger partial charge in [-0.25, -0.2) is 5.43 Å². The lowest BCUT2D eigenvalue weighted by atomic mass is 9.85. The minimum Gasteiger partial charge on any atom is -0.490 e. The predicted molar refractivity (Wildman–Crippen MR) is 158 cm³/mol. The van der Waals surface area contributed by atoms with Crippen LogP contribution in [0.1, 0.15) is 29.2 Å². The van der Waals surface area contributed by atoms with E-state index in [4.69, 9.17) is 21.1 Å². The SMILES string of the molecule is CCOc1cc(/C=N/NC(=O)C(O)(c2ccccc2)c2ccccc2)cc(I)c1OCc1ccc(Cl)cc1. The molecule has 0 spiro atoms. The lowest BCUT2D eigenvalue weighted by molar-refractivity contribution is -0.136. The Morgan fingerprint density at radius 2 is 1.58 bits per heavy atom. The minimum atomic E-state index is -1.91. The van der Waals surface area contributed by atoms with Crippen LogP contribution in [0.4, 0.5) is 0 Å². The summed E-state index contributed by atoms with van der Waals surface area (Å²) >= 11 is 8.15. The van der Waals surface area contributed by atoms with Gasteiger partial charge in [-0.15, -0.1) is 0 Å². The van der Waals surface area contributed by atoms with Crippen molar-refractivity contribution in [2.24, 2.45) is 5.10 Å². The second-order valence-corrected chi connectivity index (χ2v) is 9.92. The second-order valence-electron chi connectivity index (χ2n) is 8.32. The largest absolute Gasteiger partial charge is 0.490 e. The van der Waals surface area contributed by atoms with E-state index in [9.17, 15) is 9.90 Å². The number of carbonyl (C=O) groups excluding carboxylic acids is 1. The number of aliphatic hydroxyl groups is 1. The van der Waals surface area contributed by atoms with E-state index in [-0.39, 0.29) is 0 Å². The first-order valence-electron chi connectivity index (χ1n) is 11.9. The summed E-state index contributed by atoms with van der Waals surface area (Å²) < 4.78 is 12.7. The van der Waals surface area contributed by atoms with Crippen molar-refractivity contribution in [3.8, 4) is 11.5 Å². The molecule has 0 saturated carbocycles. The second kappa shape index (κ2) is 12.9. The highest BCUT2D eigenvalue weighted by atomic mass is 127. The first kappa shape index (κ1) is 27.6. The van der Waals surface area contributed by atoms with Crippen LogP contribution in [-0.2, 0) is 17.0 Å². The Labute approximate surface area is 240 Å². The van der Waals surface area contributed by atoms with Gasteiger partial charge in [0.1, 0.15) is 6.61 Å². The molecule has 0 fully saturated rings. The van der Waals surface area contributed by atoms with Crippen LogP contribution in [0.25, 0.3) is 0 Å². The molecular weight excluding hydrogens is 615 g/mol. The van der Waals surface area contributed by atoms with Crippen LogP contribution in [0.5, 0.6) is 11.5 Å². The van der Waals surface area contributed by atoms with Gasteiger partial charge in [0.15, 0.2) is 17.1 Å². The molecule has 0 saturated heterocycles. The van der Waals surface area contributed by atoms with Crippen LogP contribution in [-0.4, -0.2) is 23.8 Å². The van der Waals surface area contributed by atoms with Crippen LogP contribution in [0.3, 0.4) is 0 Å². The number of hydrogen-bond donors (Lipinski definition) is 2. The van der Waals surface area contributed by atoms with E-state index < -0.39 is 11.5 Å². The Bertz CT molecular complexity index is 1360. The minimum absolute atomic E-state index is 0.355. The van der Waals surface area contributed by atoms with Crippen molar-refractivity contribution in [1.29, 1.82) is 0 Å². The summed E-state index contributed by atoms with van der Waals surface area (Å²) in [6.07, 6.45) is 1.50.